The van der Waals surface area contributed by atoms with Gasteiger partial charge in [0.05, 0.1) is 13.7 Å². The lowest BCUT2D eigenvalue weighted by atomic mass is 10.0. The molecule has 1 aromatic rings. The average molecular weight is 314 g/mol. The van der Waals surface area contributed by atoms with Gasteiger partial charge < -0.3 is 14.8 Å². The summed E-state index contributed by atoms with van der Waals surface area (Å²) in [6.45, 7) is 5.59. The summed E-state index contributed by atoms with van der Waals surface area (Å²) in [7, 11) is 1.57. The number of nitrogens with zero attached hydrogens (tertiary/aromatic N) is 1. The van der Waals surface area contributed by atoms with E-state index in [0.29, 0.717) is 18.1 Å². The third-order valence-corrected chi connectivity index (χ3v) is 3.87. The normalized spacial score (nSPS) is 17.5. The summed E-state index contributed by atoms with van der Waals surface area (Å²) in [4.78, 5) is 2.11. The van der Waals surface area contributed by atoms with Crippen LogP contribution in [0.4, 0.5) is 8.78 Å². The fraction of sp³-hybridized carbons (Fsp3) is 0.625. The molecule has 2 rings (SSSR count). The van der Waals surface area contributed by atoms with Gasteiger partial charge in [-0.15, -0.1) is 0 Å². The molecule has 0 aliphatic carbocycles. The van der Waals surface area contributed by atoms with Crippen LogP contribution in [0.25, 0.3) is 0 Å². The summed E-state index contributed by atoms with van der Waals surface area (Å²) in [5.74, 6) is 1.23. The Morgan fingerprint density at radius 2 is 1.95 bits per heavy atom. The molecule has 0 bridgehead atoms. The van der Waals surface area contributed by atoms with E-state index in [0.717, 1.165) is 31.7 Å². The number of hydrogen-bond donors (Lipinski definition) is 1. The zero-order chi connectivity index (χ0) is 15.9. The molecule has 1 heterocycles. The zero-order valence-electron chi connectivity index (χ0n) is 13.1. The van der Waals surface area contributed by atoms with Gasteiger partial charge in [0.2, 0.25) is 6.43 Å². The van der Waals surface area contributed by atoms with Gasteiger partial charge in [0.15, 0.2) is 11.5 Å². The molecule has 1 aliphatic rings. The van der Waals surface area contributed by atoms with E-state index in [1.54, 1.807) is 13.2 Å². The Morgan fingerprint density at radius 3 is 2.55 bits per heavy atom. The van der Waals surface area contributed by atoms with Crippen LogP contribution in [0.1, 0.15) is 24.9 Å². The molecule has 4 nitrogen and oxygen atoms in total. The molecule has 1 N–H and O–H groups in total. The van der Waals surface area contributed by atoms with Crippen LogP contribution in [0, 0.1) is 0 Å². The van der Waals surface area contributed by atoms with E-state index < -0.39 is 6.43 Å². The molecule has 6 heteroatoms. The predicted octanol–water partition coefficient (Wildman–Crippen LogP) is 2.70. The van der Waals surface area contributed by atoms with Gasteiger partial charge in [-0.2, -0.15) is 0 Å². The molecular weight excluding hydrogens is 290 g/mol. The largest absolute Gasteiger partial charge is 0.493 e. The number of alkyl halides is 2. The number of hydrogen-bond acceptors (Lipinski definition) is 4. The summed E-state index contributed by atoms with van der Waals surface area (Å²) in [6, 6.07) is 5.18. The van der Waals surface area contributed by atoms with Gasteiger partial charge >= 0.3 is 0 Å². The minimum absolute atomic E-state index is 0.169. The molecule has 1 aromatic carbocycles. The van der Waals surface area contributed by atoms with E-state index >= 15 is 0 Å². The van der Waals surface area contributed by atoms with Crippen LogP contribution >= 0.6 is 0 Å². The van der Waals surface area contributed by atoms with Crippen LogP contribution < -0.4 is 14.8 Å². The number of methoxy groups -OCH3 is 1. The number of piperazine rings is 1. The van der Waals surface area contributed by atoms with Gasteiger partial charge in [0.25, 0.3) is 0 Å². The highest BCUT2D eigenvalue weighted by Crippen LogP contribution is 2.34. The maximum absolute atomic E-state index is 13.0. The standard InChI is InChI=1S/C16H24F2N2O2/c1-3-22-15-10-12(4-5-14(15)21-2)13(11-16(17)18)20-8-6-19-7-9-20/h4-5,10,13,16,19H,3,6-9,11H2,1-2H3/t13-/m0/s1. The monoisotopic (exact) mass is 314 g/mol. The molecule has 22 heavy (non-hydrogen) atoms. The molecule has 0 aromatic heterocycles. The minimum atomic E-state index is -2.34. The van der Waals surface area contributed by atoms with Crippen LogP contribution in [-0.2, 0) is 0 Å². The quantitative estimate of drug-likeness (QED) is 0.839. The highest BCUT2D eigenvalue weighted by Gasteiger charge is 2.26. The minimum Gasteiger partial charge on any atom is -0.493 e. The van der Waals surface area contributed by atoms with Crippen LogP contribution in [-0.4, -0.2) is 51.2 Å². The Labute approximate surface area is 130 Å². The van der Waals surface area contributed by atoms with Crippen molar-refractivity contribution in [2.45, 2.75) is 25.8 Å². The summed E-state index contributed by atoms with van der Waals surface area (Å²) < 4.78 is 36.9. The second-order valence-electron chi connectivity index (χ2n) is 5.27. The summed E-state index contributed by atoms with van der Waals surface area (Å²) >= 11 is 0. The Bertz CT molecular complexity index is 465. The lowest BCUT2D eigenvalue weighted by molar-refractivity contribution is 0.0738. The molecule has 1 fully saturated rings. The van der Waals surface area contributed by atoms with Crippen molar-refractivity contribution in [1.82, 2.24) is 10.2 Å². The first-order valence-electron chi connectivity index (χ1n) is 7.69. The number of ether oxygens (including phenoxy) is 2. The second-order valence-corrected chi connectivity index (χ2v) is 5.27. The molecule has 124 valence electrons. The third kappa shape index (κ3) is 4.30. The Morgan fingerprint density at radius 1 is 1.23 bits per heavy atom. The Kier molecular flexibility index (Phi) is 6.39. The molecule has 1 atom stereocenters. The highest BCUT2D eigenvalue weighted by molar-refractivity contribution is 5.44. The maximum atomic E-state index is 13.0. The fourth-order valence-electron chi connectivity index (χ4n) is 2.83. The first-order chi connectivity index (χ1) is 10.7. The van der Waals surface area contributed by atoms with Gasteiger partial charge in [-0.25, -0.2) is 8.78 Å². The van der Waals surface area contributed by atoms with Crippen molar-refractivity contribution >= 4 is 0 Å². The van der Waals surface area contributed by atoms with Gasteiger partial charge in [0.1, 0.15) is 0 Å². The summed E-state index contributed by atoms with van der Waals surface area (Å²) in [6.07, 6.45) is -2.50. The molecule has 0 unspecified atom stereocenters. The molecule has 0 radical (unpaired) electrons. The van der Waals surface area contributed by atoms with E-state index in [4.69, 9.17) is 9.47 Å². The Hall–Kier alpha value is -1.40. The molecule has 0 amide bonds. The molecular formula is C16H24F2N2O2. The second kappa shape index (κ2) is 8.29. The van der Waals surface area contributed by atoms with Crippen molar-refractivity contribution < 1.29 is 18.3 Å². The van der Waals surface area contributed by atoms with Crippen molar-refractivity contribution in [2.75, 3.05) is 39.9 Å². The molecule has 1 aliphatic heterocycles. The van der Waals surface area contributed by atoms with E-state index in [2.05, 4.69) is 10.2 Å². The maximum Gasteiger partial charge on any atom is 0.240 e. The molecule has 0 spiro atoms. The van der Waals surface area contributed by atoms with Gasteiger partial charge in [-0.1, -0.05) is 6.07 Å². The number of halogens is 2. The van der Waals surface area contributed by atoms with E-state index in [-0.39, 0.29) is 12.5 Å². The van der Waals surface area contributed by atoms with Crippen LogP contribution in [0.2, 0.25) is 0 Å². The van der Waals surface area contributed by atoms with E-state index in [1.165, 1.54) is 0 Å². The third-order valence-electron chi connectivity index (χ3n) is 3.87. The van der Waals surface area contributed by atoms with E-state index in [9.17, 15) is 8.78 Å². The van der Waals surface area contributed by atoms with Gasteiger partial charge in [0, 0.05) is 38.6 Å². The summed E-state index contributed by atoms with van der Waals surface area (Å²) in [5, 5.41) is 3.25. The van der Waals surface area contributed by atoms with Crippen molar-refractivity contribution in [3.63, 3.8) is 0 Å². The smallest absolute Gasteiger partial charge is 0.240 e. The first-order valence-corrected chi connectivity index (χ1v) is 7.69. The predicted molar refractivity (Wildman–Crippen MR) is 82.0 cm³/mol. The van der Waals surface area contributed by atoms with Crippen molar-refractivity contribution in [2.24, 2.45) is 0 Å². The van der Waals surface area contributed by atoms with Crippen molar-refractivity contribution in [3.05, 3.63) is 23.8 Å². The Balaban J connectivity index is 2.27. The number of nitrogens with one attached hydrogen (secondary N) is 1. The molecule has 0 saturated carbocycles. The highest BCUT2D eigenvalue weighted by atomic mass is 19.3. The van der Waals surface area contributed by atoms with Gasteiger partial charge in [-0.05, 0) is 24.6 Å². The number of rotatable bonds is 7. The van der Waals surface area contributed by atoms with Crippen molar-refractivity contribution in [3.8, 4) is 11.5 Å². The summed E-state index contributed by atoms with van der Waals surface area (Å²) in [5.41, 5.74) is 0.853. The van der Waals surface area contributed by atoms with Crippen LogP contribution in [0.5, 0.6) is 11.5 Å². The van der Waals surface area contributed by atoms with Gasteiger partial charge in [-0.3, -0.25) is 4.90 Å². The topological polar surface area (TPSA) is 33.7 Å². The van der Waals surface area contributed by atoms with Crippen LogP contribution in [0.3, 0.4) is 0 Å². The lowest BCUT2D eigenvalue weighted by Crippen LogP contribution is -2.45. The molecule has 1 saturated heterocycles. The van der Waals surface area contributed by atoms with Crippen LogP contribution in [0.15, 0.2) is 18.2 Å². The SMILES string of the molecule is CCOc1cc([C@H](CC(F)F)N2CCNCC2)ccc1OC. The van der Waals surface area contributed by atoms with E-state index in [1.807, 2.05) is 19.1 Å². The zero-order valence-corrected chi connectivity index (χ0v) is 13.1. The van der Waals surface area contributed by atoms with Crippen molar-refractivity contribution in [1.29, 1.82) is 0 Å². The lowest BCUT2D eigenvalue weighted by Gasteiger charge is -2.35. The average Bonchev–Trinajstić information content (AvgIpc) is 2.53. The first kappa shape index (κ1) is 17.0. The number of benzene rings is 1. The fourth-order valence-corrected chi connectivity index (χ4v) is 2.83.